The standard InChI is InChI=1S/C26H22O2S/c1-19-13-18-24(29-19)26(21-11-7-4-8-12-21,22-14-16-23(28-2)17-15-22)25(27)20-9-5-3-6-10-20/h3-18H,1-2H3. The fourth-order valence-electron chi connectivity index (χ4n) is 3.80. The van der Waals surface area contributed by atoms with Crippen LogP contribution in [0.3, 0.4) is 0 Å². The predicted molar refractivity (Wildman–Crippen MR) is 119 cm³/mol. The van der Waals surface area contributed by atoms with E-state index in [-0.39, 0.29) is 5.78 Å². The molecule has 0 aliphatic carbocycles. The lowest BCUT2D eigenvalue weighted by atomic mass is 9.68. The molecule has 0 N–H and O–H groups in total. The molecule has 0 aliphatic heterocycles. The Morgan fingerprint density at radius 3 is 1.90 bits per heavy atom. The Kier molecular flexibility index (Phi) is 5.32. The summed E-state index contributed by atoms with van der Waals surface area (Å²) in [5, 5.41) is 0. The molecule has 0 saturated carbocycles. The second kappa shape index (κ2) is 8.06. The van der Waals surface area contributed by atoms with Crippen molar-refractivity contribution in [3.63, 3.8) is 0 Å². The molecule has 4 aromatic rings. The molecule has 1 atom stereocenters. The van der Waals surface area contributed by atoms with Crippen molar-refractivity contribution in [3.8, 4) is 5.75 Å². The molecule has 3 heteroatoms. The number of ketones is 1. The Hall–Kier alpha value is -3.17. The number of carbonyl (C=O) groups excluding carboxylic acids is 1. The van der Waals surface area contributed by atoms with Gasteiger partial charge in [0.05, 0.1) is 7.11 Å². The molecule has 0 bridgehead atoms. The zero-order valence-corrected chi connectivity index (χ0v) is 17.3. The minimum atomic E-state index is -0.923. The fraction of sp³-hybridized carbons (Fsp3) is 0.115. The summed E-state index contributed by atoms with van der Waals surface area (Å²) in [5.74, 6) is 0.835. The largest absolute Gasteiger partial charge is 0.497 e. The van der Waals surface area contributed by atoms with E-state index in [9.17, 15) is 4.79 Å². The average Bonchev–Trinajstić information content (AvgIpc) is 3.22. The molecule has 29 heavy (non-hydrogen) atoms. The highest BCUT2D eigenvalue weighted by Crippen LogP contribution is 2.45. The lowest BCUT2D eigenvalue weighted by Gasteiger charge is -2.33. The van der Waals surface area contributed by atoms with Gasteiger partial charge < -0.3 is 4.74 Å². The van der Waals surface area contributed by atoms with Crippen LogP contribution in [0, 0.1) is 6.92 Å². The lowest BCUT2D eigenvalue weighted by molar-refractivity contribution is 0.0937. The number of aryl methyl sites for hydroxylation is 1. The number of rotatable bonds is 6. The molecule has 144 valence electrons. The second-order valence-corrected chi connectivity index (χ2v) is 8.24. The van der Waals surface area contributed by atoms with Gasteiger partial charge in [0, 0.05) is 15.3 Å². The highest BCUT2D eigenvalue weighted by molar-refractivity contribution is 7.12. The number of ether oxygens (including phenoxy) is 1. The Morgan fingerprint density at radius 2 is 1.34 bits per heavy atom. The Labute approximate surface area is 175 Å². The van der Waals surface area contributed by atoms with Crippen LogP contribution in [0.5, 0.6) is 5.75 Å². The summed E-state index contributed by atoms with van der Waals surface area (Å²) >= 11 is 1.67. The van der Waals surface area contributed by atoms with Crippen molar-refractivity contribution >= 4 is 17.1 Å². The first-order valence-corrected chi connectivity index (χ1v) is 10.3. The van der Waals surface area contributed by atoms with Crippen LogP contribution < -0.4 is 4.74 Å². The van der Waals surface area contributed by atoms with Crippen LogP contribution >= 0.6 is 11.3 Å². The van der Waals surface area contributed by atoms with Gasteiger partial charge >= 0.3 is 0 Å². The first-order chi connectivity index (χ1) is 14.2. The zero-order valence-electron chi connectivity index (χ0n) is 16.5. The summed E-state index contributed by atoms with van der Waals surface area (Å²) in [7, 11) is 1.65. The summed E-state index contributed by atoms with van der Waals surface area (Å²) in [4.78, 5) is 16.4. The normalized spacial score (nSPS) is 12.9. The van der Waals surface area contributed by atoms with Gasteiger partial charge in [0.2, 0.25) is 0 Å². The molecule has 2 nitrogen and oxygen atoms in total. The number of carbonyl (C=O) groups is 1. The highest BCUT2D eigenvalue weighted by atomic mass is 32.1. The zero-order chi connectivity index (χ0) is 20.3. The third-order valence-corrected chi connectivity index (χ3v) is 6.34. The van der Waals surface area contributed by atoms with Gasteiger partial charge in [-0.15, -0.1) is 11.3 Å². The molecule has 0 aliphatic rings. The number of benzene rings is 3. The Morgan fingerprint density at radius 1 is 0.759 bits per heavy atom. The van der Waals surface area contributed by atoms with E-state index in [1.165, 1.54) is 4.88 Å². The predicted octanol–water partition coefficient (Wildman–Crippen LogP) is 6.28. The lowest BCUT2D eigenvalue weighted by Crippen LogP contribution is -2.38. The van der Waals surface area contributed by atoms with Crippen LogP contribution in [0.15, 0.2) is 97.1 Å². The minimum Gasteiger partial charge on any atom is -0.497 e. The third kappa shape index (κ3) is 3.39. The van der Waals surface area contributed by atoms with Crippen molar-refractivity contribution in [3.05, 3.63) is 124 Å². The van der Waals surface area contributed by atoms with Crippen LogP contribution in [0.4, 0.5) is 0 Å². The first kappa shape index (κ1) is 19.2. The van der Waals surface area contributed by atoms with Gasteiger partial charge in [0.1, 0.15) is 11.2 Å². The van der Waals surface area contributed by atoms with Crippen molar-refractivity contribution in [2.75, 3.05) is 7.11 Å². The Bertz CT molecular complexity index is 1100. The molecule has 4 rings (SSSR count). The van der Waals surface area contributed by atoms with Gasteiger partial charge in [-0.1, -0.05) is 72.8 Å². The van der Waals surface area contributed by atoms with Gasteiger partial charge in [-0.2, -0.15) is 0 Å². The van der Waals surface area contributed by atoms with E-state index < -0.39 is 5.41 Å². The van der Waals surface area contributed by atoms with Crippen molar-refractivity contribution in [2.45, 2.75) is 12.3 Å². The molecule has 0 fully saturated rings. The highest BCUT2D eigenvalue weighted by Gasteiger charge is 2.45. The maximum atomic E-state index is 14.2. The SMILES string of the molecule is COc1ccc(C(C(=O)c2ccccc2)(c2ccccc2)c2ccc(C)s2)cc1. The molecular formula is C26H22O2S. The summed E-state index contributed by atoms with van der Waals surface area (Å²) < 4.78 is 5.36. The summed E-state index contributed by atoms with van der Waals surface area (Å²) in [6.45, 7) is 2.07. The van der Waals surface area contributed by atoms with Gasteiger partial charge in [0.15, 0.2) is 5.78 Å². The molecule has 1 unspecified atom stereocenters. The number of hydrogen-bond donors (Lipinski definition) is 0. The molecule has 3 aromatic carbocycles. The molecule has 0 amide bonds. The van der Waals surface area contributed by atoms with Gasteiger partial charge in [0.25, 0.3) is 0 Å². The minimum absolute atomic E-state index is 0.0660. The molecule has 0 spiro atoms. The molecule has 1 heterocycles. The summed E-state index contributed by atoms with van der Waals surface area (Å²) in [6.07, 6.45) is 0. The molecule has 1 aromatic heterocycles. The summed E-state index contributed by atoms with van der Waals surface area (Å²) in [6, 6.07) is 31.6. The fourth-order valence-corrected chi connectivity index (χ4v) is 4.90. The van der Waals surface area contributed by atoms with Gasteiger partial charge in [-0.25, -0.2) is 0 Å². The average molecular weight is 399 g/mol. The third-order valence-electron chi connectivity index (χ3n) is 5.22. The maximum Gasteiger partial charge on any atom is 0.183 e. The molecule has 0 radical (unpaired) electrons. The van der Waals surface area contributed by atoms with E-state index in [0.717, 1.165) is 21.8 Å². The number of Topliss-reactive ketones (excluding diaryl/α,β-unsaturated/α-hetero) is 1. The monoisotopic (exact) mass is 398 g/mol. The van der Waals surface area contributed by atoms with Crippen molar-refractivity contribution in [1.82, 2.24) is 0 Å². The maximum absolute atomic E-state index is 14.2. The van der Waals surface area contributed by atoms with Gasteiger partial charge in [-0.05, 0) is 42.3 Å². The van der Waals surface area contributed by atoms with Crippen molar-refractivity contribution in [1.29, 1.82) is 0 Å². The van der Waals surface area contributed by atoms with E-state index in [0.29, 0.717) is 5.56 Å². The number of methoxy groups -OCH3 is 1. The van der Waals surface area contributed by atoms with E-state index in [4.69, 9.17) is 4.74 Å². The van der Waals surface area contributed by atoms with Crippen LogP contribution in [-0.2, 0) is 5.41 Å². The quantitative estimate of drug-likeness (QED) is 0.357. The second-order valence-electron chi connectivity index (χ2n) is 6.95. The molecular weight excluding hydrogens is 376 g/mol. The van der Waals surface area contributed by atoms with Crippen LogP contribution in [-0.4, -0.2) is 12.9 Å². The van der Waals surface area contributed by atoms with Crippen LogP contribution in [0.2, 0.25) is 0 Å². The van der Waals surface area contributed by atoms with Crippen molar-refractivity contribution < 1.29 is 9.53 Å². The van der Waals surface area contributed by atoms with Crippen LogP contribution in [0.25, 0.3) is 0 Å². The van der Waals surface area contributed by atoms with Gasteiger partial charge in [-0.3, -0.25) is 4.79 Å². The number of hydrogen-bond acceptors (Lipinski definition) is 3. The smallest absolute Gasteiger partial charge is 0.183 e. The van der Waals surface area contributed by atoms with E-state index >= 15 is 0 Å². The van der Waals surface area contributed by atoms with Crippen molar-refractivity contribution in [2.24, 2.45) is 0 Å². The molecule has 0 saturated heterocycles. The topological polar surface area (TPSA) is 26.3 Å². The first-order valence-electron chi connectivity index (χ1n) is 9.53. The van der Waals surface area contributed by atoms with E-state index in [1.54, 1.807) is 18.4 Å². The van der Waals surface area contributed by atoms with Crippen LogP contribution in [0.1, 0.15) is 31.2 Å². The Balaban J connectivity index is 2.06. The van der Waals surface area contributed by atoms with E-state index in [2.05, 4.69) is 19.1 Å². The number of thiophene rings is 1. The summed E-state index contributed by atoms with van der Waals surface area (Å²) in [5.41, 5.74) is 1.66. The van der Waals surface area contributed by atoms with E-state index in [1.807, 2.05) is 84.9 Å².